The number of benzene rings is 2. The zero-order chi connectivity index (χ0) is 18.4. The van der Waals surface area contributed by atoms with Gasteiger partial charge in [0.05, 0.1) is 13.2 Å². The van der Waals surface area contributed by atoms with Gasteiger partial charge in [0.25, 0.3) is 0 Å². The second kappa shape index (κ2) is 8.28. The van der Waals surface area contributed by atoms with Gasteiger partial charge in [-0.3, -0.25) is 4.79 Å². The molecule has 0 spiro atoms. The van der Waals surface area contributed by atoms with Crippen LogP contribution in [0.25, 0.3) is 6.08 Å². The van der Waals surface area contributed by atoms with Crippen molar-refractivity contribution in [1.82, 2.24) is 0 Å². The highest BCUT2D eigenvalue weighted by atomic mass is 19.2. The first-order chi connectivity index (χ1) is 11.9. The first-order valence-corrected chi connectivity index (χ1v) is 7.68. The molecule has 1 amide bonds. The number of hydrogen-bond donors (Lipinski definition) is 1. The van der Waals surface area contributed by atoms with Gasteiger partial charge in [-0.1, -0.05) is 6.07 Å². The van der Waals surface area contributed by atoms with Crippen molar-refractivity contribution in [3.63, 3.8) is 0 Å². The van der Waals surface area contributed by atoms with Crippen molar-refractivity contribution in [3.8, 4) is 11.5 Å². The van der Waals surface area contributed by atoms with Crippen LogP contribution in [0.2, 0.25) is 0 Å². The molecule has 0 radical (unpaired) electrons. The van der Waals surface area contributed by atoms with Crippen LogP contribution in [0.1, 0.15) is 19.4 Å². The number of anilines is 1. The Hall–Kier alpha value is -2.89. The Kier molecular flexibility index (Phi) is 6.11. The minimum atomic E-state index is -1.02. The zero-order valence-corrected chi connectivity index (χ0v) is 14.2. The molecule has 0 saturated carbocycles. The highest BCUT2D eigenvalue weighted by Crippen LogP contribution is 2.29. The van der Waals surface area contributed by atoms with Crippen molar-refractivity contribution in [2.45, 2.75) is 20.0 Å². The molecule has 0 fully saturated rings. The lowest BCUT2D eigenvalue weighted by Gasteiger charge is -2.13. The smallest absolute Gasteiger partial charge is 0.248 e. The fraction of sp³-hybridized carbons (Fsp3) is 0.211. The molecule has 1 N–H and O–H groups in total. The van der Waals surface area contributed by atoms with Crippen LogP contribution in [0, 0.1) is 11.6 Å². The van der Waals surface area contributed by atoms with E-state index < -0.39 is 17.5 Å². The summed E-state index contributed by atoms with van der Waals surface area (Å²) < 4.78 is 36.9. The number of hydrogen-bond acceptors (Lipinski definition) is 3. The van der Waals surface area contributed by atoms with Crippen molar-refractivity contribution >= 4 is 17.7 Å². The lowest BCUT2D eigenvalue weighted by molar-refractivity contribution is -0.111. The van der Waals surface area contributed by atoms with Crippen molar-refractivity contribution in [3.05, 3.63) is 59.7 Å². The molecule has 0 aliphatic heterocycles. The van der Waals surface area contributed by atoms with E-state index in [2.05, 4.69) is 5.32 Å². The van der Waals surface area contributed by atoms with E-state index in [4.69, 9.17) is 9.47 Å². The molecule has 0 aliphatic carbocycles. The number of ether oxygens (including phenoxy) is 2. The largest absolute Gasteiger partial charge is 0.493 e. The number of amides is 1. The average molecular weight is 347 g/mol. The average Bonchev–Trinajstić information content (AvgIpc) is 2.57. The normalized spacial score (nSPS) is 11.0. The minimum absolute atomic E-state index is 0.0113. The van der Waals surface area contributed by atoms with Gasteiger partial charge in [-0.25, -0.2) is 8.78 Å². The molecule has 0 atom stereocenters. The van der Waals surface area contributed by atoms with Gasteiger partial charge in [0.2, 0.25) is 5.91 Å². The van der Waals surface area contributed by atoms with E-state index in [0.29, 0.717) is 11.5 Å². The van der Waals surface area contributed by atoms with Crippen molar-refractivity contribution < 1.29 is 23.0 Å². The van der Waals surface area contributed by atoms with Gasteiger partial charge in [0.15, 0.2) is 23.1 Å². The lowest BCUT2D eigenvalue weighted by Crippen LogP contribution is -2.08. The lowest BCUT2D eigenvalue weighted by atomic mass is 10.2. The Bertz CT molecular complexity index is 788. The maximum Gasteiger partial charge on any atom is 0.248 e. The van der Waals surface area contributed by atoms with E-state index in [1.54, 1.807) is 24.3 Å². The van der Waals surface area contributed by atoms with E-state index in [-0.39, 0.29) is 11.8 Å². The Morgan fingerprint density at radius 1 is 1.08 bits per heavy atom. The van der Waals surface area contributed by atoms with Crippen molar-refractivity contribution in [2.24, 2.45) is 0 Å². The maximum atomic E-state index is 13.1. The second-order valence-electron chi connectivity index (χ2n) is 5.53. The predicted octanol–water partition coefficient (Wildman–Crippen LogP) is 4.41. The molecule has 0 saturated heterocycles. The summed E-state index contributed by atoms with van der Waals surface area (Å²) in [6, 6.07) is 8.42. The molecule has 2 rings (SSSR count). The van der Waals surface area contributed by atoms with Crippen LogP contribution in [0.5, 0.6) is 11.5 Å². The van der Waals surface area contributed by atoms with Gasteiger partial charge in [0, 0.05) is 17.8 Å². The topological polar surface area (TPSA) is 47.6 Å². The Morgan fingerprint density at radius 2 is 1.84 bits per heavy atom. The molecule has 0 heterocycles. The summed E-state index contributed by atoms with van der Waals surface area (Å²) in [6.07, 6.45) is 2.88. The molecule has 0 bridgehead atoms. The van der Waals surface area contributed by atoms with Gasteiger partial charge in [-0.05, 0) is 49.8 Å². The fourth-order valence-electron chi connectivity index (χ4n) is 2.07. The Morgan fingerprint density at radius 3 is 2.48 bits per heavy atom. The maximum absolute atomic E-state index is 13.1. The second-order valence-corrected chi connectivity index (χ2v) is 5.53. The number of halogens is 2. The standard InChI is InChI=1S/C19H19F2NO3/c1-12(2)25-17-8-4-13(10-18(17)24-3)5-9-19(23)22-14-6-7-15(20)16(21)11-14/h4-12H,1-3H3,(H,22,23). The van der Waals surface area contributed by atoms with E-state index in [1.807, 2.05) is 13.8 Å². The summed E-state index contributed by atoms with van der Waals surface area (Å²) in [7, 11) is 1.53. The monoisotopic (exact) mass is 347 g/mol. The van der Waals surface area contributed by atoms with E-state index >= 15 is 0 Å². The Balaban J connectivity index is 2.07. The van der Waals surface area contributed by atoms with Crippen molar-refractivity contribution in [1.29, 1.82) is 0 Å². The van der Waals surface area contributed by atoms with Crippen LogP contribution >= 0.6 is 0 Å². The van der Waals surface area contributed by atoms with E-state index in [1.165, 1.54) is 19.3 Å². The third kappa shape index (κ3) is 5.31. The van der Waals surface area contributed by atoms with Crippen LogP contribution in [0.4, 0.5) is 14.5 Å². The van der Waals surface area contributed by atoms with Crippen LogP contribution in [-0.2, 0) is 4.79 Å². The number of nitrogens with one attached hydrogen (secondary N) is 1. The third-order valence-corrected chi connectivity index (χ3v) is 3.16. The molecule has 2 aromatic rings. The number of rotatable bonds is 6. The number of carbonyl (C=O) groups excluding carboxylic acids is 1. The molecule has 2 aromatic carbocycles. The quantitative estimate of drug-likeness (QED) is 0.787. The van der Waals surface area contributed by atoms with Gasteiger partial charge in [0.1, 0.15) is 0 Å². The molecular weight excluding hydrogens is 328 g/mol. The summed E-state index contributed by atoms with van der Waals surface area (Å²) in [5, 5.41) is 2.46. The summed E-state index contributed by atoms with van der Waals surface area (Å²) in [5.41, 5.74) is 0.903. The van der Waals surface area contributed by atoms with E-state index in [0.717, 1.165) is 17.7 Å². The van der Waals surface area contributed by atoms with Gasteiger partial charge < -0.3 is 14.8 Å². The minimum Gasteiger partial charge on any atom is -0.493 e. The van der Waals surface area contributed by atoms with E-state index in [9.17, 15) is 13.6 Å². The highest BCUT2D eigenvalue weighted by molar-refractivity contribution is 6.01. The molecule has 6 heteroatoms. The zero-order valence-electron chi connectivity index (χ0n) is 14.2. The van der Waals surface area contributed by atoms with Crippen LogP contribution < -0.4 is 14.8 Å². The molecular formula is C19H19F2NO3. The van der Waals surface area contributed by atoms with Crippen LogP contribution in [0.3, 0.4) is 0 Å². The first-order valence-electron chi connectivity index (χ1n) is 7.68. The SMILES string of the molecule is COc1cc(C=CC(=O)Nc2ccc(F)c(F)c2)ccc1OC(C)C. The molecule has 0 aliphatic rings. The third-order valence-electron chi connectivity index (χ3n) is 3.16. The molecule has 0 unspecified atom stereocenters. The fourth-order valence-corrected chi connectivity index (χ4v) is 2.07. The number of methoxy groups -OCH3 is 1. The summed E-state index contributed by atoms with van der Waals surface area (Å²) >= 11 is 0. The summed E-state index contributed by atoms with van der Waals surface area (Å²) in [5.74, 6) is -1.29. The summed E-state index contributed by atoms with van der Waals surface area (Å²) in [6.45, 7) is 3.83. The first kappa shape index (κ1) is 18.4. The number of carbonyl (C=O) groups is 1. The predicted molar refractivity (Wildman–Crippen MR) is 92.8 cm³/mol. The van der Waals surface area contributed by atoms with Crippen molar-refractivity contribution in [2.75, 3.05) is 12.4 Å². The molecule has 132 valence electrons. The molecule has 0 aromatic heterocycles. The summed E-state index contributed by atoms with van der Waals surface area (Å²) in [4.78, 5) is 11.9. The highest BCUT2D eigenvalue weighted by Gasteiger charge is 2.07. The van der Waals surface area contributed by atoms with Gasteiger partial charge in [-0.15, -0.1) is 0 Å². The van der Waals surface area contributed by atoms with Gasteiger partial charge >= 0.3 is 0 Å². The molecule has 4 nitrogen and oxygen atoms in total. The molecule has 25 heavy (non-hydrogen) atoms. The van der Waals surface area contributed by atoms with Crippen LogP contribution in [-0.4, -0.2) is 19.1 Å². The Labute approximate surface area is 145 Å². The van der Waals surface area contributed by atoms with Gasteiger partial charge in [-0.2, -0.15) is 0 Å². The van der Waals surface area contributed by atoms with Crippen LogP contribution in [0.15, 0.2) is 42.5 Å².